The van der Waals surface area contributed by atoms with E-state index >= 15 is 0 Å². The van der Waals surface area contributed by atoms with E-state index in [9.17, 15) is 4.79 Å². The molecule has 33 heavy (non-hydrogen) atoms. The molecule has 0 radical (unpaired) electrons. The van der Waals surface area contributed by atoms with Gasteiger partial charge in [0.05, 0.1) is 11.3 Å². The number of hydrogen-bond donors (Lipinski definition) is 1. The summed E-state index contributed by atoms with van der Waals surface area (Å²) in [6.07, 6.45) is 6.80. The van der Waals surface area contributed by atoms with E-state index < -0.39 is 5.91 Å². The first kappa shape index (κ1) is 21.5. The number of primary amides is 1. The first-order valence-electron chi connectivity index (χ1n) is 11.6. The van der Waals surface area contributed by atoms with Gasteiger partial charge in [-0.25, -0.2) is 4.98 Å². The van der Waals surface area contributed by atoms with Crippen LogP contribution in [0.2, 0.25) is 0 Å². The van der Waals surface area contributed by atoms with E-state index in [1.165, 1.54) is 5.56 Å². The van der Waals surface area contributed by atoms with Gasteiger partial charge >= 0.3 is 0 Å². The number of ether oxygens (including phenoxy) is 2. The maximum atomic E-state index is 12.0. The largest absolute Gasteiger partial charge is 0.486 e. The fraction of sp³-hybridized carbons (Fsp3) is 0.385. The van der Waals surface area contributed by atoms with Crippen LogP contribution < -0.4 is 15.2 Å². The molecule has 7 nitrogen and oxygen atoms in total. The molecule has 0 aliphatic carbocycles. The van der Waals surface area contributed by atoms with Crippen molar-refractivity contribution >= 4 is 5.91 Å². The van der Waals surface area contributed by atoms with Crippen molar-refractivity contribution < 1.29 is 14.3 Å². The molecule has 2 aliphatic heterocycles. The minimum atomic E-state index is -0.418. The molecule has 2 N–H and O–H groups in total. The average molecular weight is 447 g/mol. The van der Waals surface area contributed by atoms with Gasteiger partial charge in [0.25, 0.3) is 5.91 Å². The highest BCUT2D eigenvalue weighted by Crippen LogP contribution is 2.33. The Morgan fingerprint density at radius 2 is 1.91 bits per heavy atom. The highest BCUT2D eigenvalue weighted by molar-refractivity contribution is 5.94. The van der Waals surface area contributed by atoms with Crippen LogP contribution in [0.3, 0.4) is 0 Å². The van der Waals surface area contributed by atoms with Gasteiger partial charge in [0.15, 0.2) is 11.5 Å². The first-order valence-corrected chi connectivity index (χ1v) is 11.6. The summed E-state index contributed by atoms with van der Waals surface area (Å²) < 4.78 is 14.0. The van der Waals surface area contributed by atoms with Gasteiger partial charge in [-0.1, -0.05) is 6.07 Å². The Morgan fingerprint density at radius 1 is 1.12 bits per heavy atom. The molecule has 0 spiro atoms. The predicted molar refractivity (Wildman–Crippen MR) is 126 cm³/mol. The highest BCUT2D eigenvalue weighted by Gasteiger charge is 2.27. The summed E-state index contributed by atoms with van der Waals surface area (Å²) in [5, 5.41) is 0. The molecule has 1 amide bonds. The Morgan fingerprint density at radius 3 is 2.67 bits per heavy atom. The number of likely N-dealkylation sites (tertiary alicyclic amines) is 1. The summed E-state index contributed by atoms with van der Waals surface area (Å²) in [7, 11) is 0. The Balaban J connectivity index is 1.19. The topological polar surface area (TPSA) is 82.6 Å². The van der Waals surface area contributed by atoms with Crippen LogP contribution in [0, 0.1) is 12.8 Å². The number of nitrogens with zero attached hydrogens (tertiary/aromatic N) is 3. The van der Waals surface area contributed by atoms with Crippen LogP contribution in [0.5, 0.6) is 11.5 Å². The summed E-state index contributed by atoms with van der Waals surface area (Å²) in [4.78, 5) is 19.2. The molecule has 4 heterocycles. The molecule has 1 saturated heterocycles. The molecule has 7 heteroatoms. The molecule has 2 aromatic heterocycles. The SMILES string of the molecule is Cc1ccc2c(c1)OC(CN1CCC(Cc3nc(-n4cccc4)ccc3C(N)=O)CC1)CO2. The van der Waals surface area contributed by atoms with Gasteiger partial charge in [-0.3, -0.25) is 9.69 Å². The number of pyridine rings is 1. The van der Waals surface area contributed by atoms with Crippen LogP contribution in [0.1, 0.15) is 34.5 Å². The summed E-state index contributed by atoms with van der Waals surface area (Å²) in [5.74, 6) is 2.53. The lowest BCUT2D eigenvalue weighted by molar-refractivity contribution is 0.0476. The monoisotopic (exact) mass is 446 g/mol. The number of amides is 1. The summed E-state index contributed by atoms with van der Waals surface area (Å²) in [6, 6.07) is 13.6. The first-order chi connectivity index (χ1) is 16.0. The van der Waals surface area contributed by atoms with Crippen molar-refractivity contribution in [2.45, 2.75) is 32.3 Å². The number of aryl methyl sites for hydroxylation is 1. The number of nitrogens with two attached hydrogens (primary N) is 1. The molecule has 5 rings (SSSR count). The third kappa shape index (κ3) is 4.88. The maximum absolute atomic E-state index is 12.0. The minimum absolute atomic E-state index is 0.0391. The van der Waals surface area contributed by atoms with Crippen molar-refractivity contribution in [3.05, 3.63) is 71.7 Å². The van der Waals surface area contributed by atoms with Crippen molar-refractivity contribution in [2.24, 2.45) is 11.7 Å². The van der Waals surface area contributed by atoms with E-state index in [1.54, 1.807) is 6.07 Å². The van der Waals surface area contributed by atoms with Gasteiger partial charge in [0.1, 0.15) is 18.5 Å². The predicted octanol–water partition coefficient (Wildman–Crippen LogP) is 3.37. The zero-order valence-electron chi connectivity index (χ0n) is 18.9. The third-order valence-corrected chi connectivity index (χ3v) is 6.56. The second kappa shape index (κ2) is 9.27. The lowest BCUT2D eigenvalue weighted by Crippen LogP contribution is -2.44. The standard InChI is InChI=1S/C26H30N4O3/c1-18-4-6-23-24(14-18)33-20(17-32-23)16-29-12-8-19(9-13-29)15-22-21(26(27)31)5-7-25(28-22)30-10-2-3-11-30/h2-7,10-11,14,19-20H,8-9,12-13,15-17H2,1H3,(H2,27,31). The Kier molecular flexibility index (Phi) is 6.05. The van der Waals surface area contributed by atoms with Gasteiger partial charge < -0.3 is 19.8 Å². The summed E-state index contributed by atoms with van der Waals surface area (Å²) in [6.45, 7) is 5.48. The Hall–Kier alpha value is -3.32. The highest BCUT2D eigenvalue weighted by atomic mass is 16.6. The second-order valence-electron chi connectivity index (χ2n) is 9.07. The molecule has 1 fully saturated rings. The maximum Gasteiger partial charge on any atom is 0.250 e. The van der Waals surface area contributed by atoms with Gasteiger partial charge in [-0.05, 0) is 87.2 Å². The van der Waals surface area contributed by atoms with Crippen LogP contribution in [-0.4, -0.2) is 52.7 Å². The third-order valence-electron chi connectivity index (χ3n) is 6.56. The minimum Gasteiger partial charge on any atom is -0.486 e. The van der Waals surface area contributed by atoms with Gasteiger partial charge in [0, 0.05) is 18.9 Å². The summed E-state index contributed by atoms with van der Waals surface area (Å²) in [5.41, 5.74) is 8.13. The lowest BCUT2D eigenvalue weighted by Gasteiger charge is -2.35. The number of carbonyl (C=O) groups excluding carboxylic acids is 1. The van der Waals surface area contributed by atoms with Crippen molar-refractivity contribution in [2.75, 3.05) is 26.2 Å². The zero-order chi connectivity index (χ0) is 22.8. The van der Waals surface area contributed by atoms with E-state index in [1.807, 2.05) is 53.4 Å². The fourth-order valence-electron chi connectivity index (χ4n) is 4.75. The summed E-state index contributed by atoms with van der Waals surface area (Å²) >= 11 is 0. The quantitative estimate of drug-likeness (QED) is 0.628. The molecule has 0 bridgehead atoms. The normalized spacial score (nSPS) is 18.9. The van der Waals surface area contributed by atoms with Crippen molar-refractivity contribution in [1.82, 2.24) is 14.5 Å². The molecule has 1 aromatic carbocycles. The van der Waals surface area contributed by atoms with E-state index in [-0.39, 0.29) is 6.10 Å². The van der Waals surface area contributed by atoms with Crippen molar-refractivity contribution in [3.63, 3.8) is 0 Å². The second-order valence-corrected chi connectivity index (χ2v) is 9.07. The van der Waals surface area contributed by atoms with Gasteiger partial charge in [-0.2, -0.15) is 0 Å². The molecule has 1 atom stereocenters. The van der Waals surface area contributed by atoms with Crippen LogP contribution in [-0.2, 0) is 6.42 Å². The van der Waals surface area contributed by atoms with Crippen LogP contribution in [0.15, 0.2) is 54.9 Å². The Bertz CT molecular complexity index is 1120. The van der Waals surface area contributed by atoms with Gasteiger partial charge in [-0.15, -0.1) is 0 Å². The smallest absolute Gasteiger partial charge is 0.250 e. The number of fused-ring (bicyclic) bond motifs is 1. The average Bonchev–Trinajstić information content (AvgIpc) is 3.35. The molecule has 1 unspecified atom stereocenters. The van der Waals surface area contributed by atoms with E-state index in [4.69, 9.17) is 20.2 Å². The van der Waals surface area contributed by atoms with Crippen molar-refractivity contribution in [1.29, 1.82) is 0 Å². The molecular weight excluding hydrogens is 416 g/mol. The lowest BCUT2D eigenvalue weighted by atomic mass is 9.90. The van der Waals surface area contributed by atoms with E-state index in [2.05, 4.69) is 11.8 Å². The molecule has 2 aliphatic rings. The molecular formula is C26H30N4O3. The van der Waals surface area contributed by atoms with E-state index in [0.29, 0.717) is 18.1 Å². The number of aromatic nitrogens is 2. The number of piperidine rings is 1. The van der Waals surface area contributed by atoms with Crippen molar-refractivity contribution in [3.8, 4) is 17.3 Å². The molecule has 0 saturated carbocycles. The number of benzene rings is 1. The van der Waals surface area contributed by atoms with Crippen LogP contribution in [0.25, 0.3) is 5.82 Å². The number of carbonyl (C=O) groups is 1. The number of rotatable bonds is 6. The van der Waals surface area contributed by atoms with Gasteiger partial charge in [0.2, 0.25) is 0 Å². The molecule has 3 aromatic rings. The van der Waals surface area contributed by atoms with E-state index in [0.717, 1.165) is 61.9 Å². The zero-order valence-corrected chi connectivity index (χ0v) is 18.9. The fourth-order valence-corrected chi connectivity index (χ4v) is 4.75. The van der Waals surface area contributed by atoms with Crippen LogP contribution in [0.4, 0.5) is 0 Å². The molecule has 172 valence electrons. The van der Waals surface area contributed by atoms with Crippen LogP contribution >= 0.6 is 0 Å². The number of hydrogen-bond acceptors (Lipinski definition) is 5. The Labute approximate surface area is 194 Å².